The smallest absolute Gasteiger partial charge is 0.0948 e. The van der Waals surface area contributed by atoms with Crippen molar-refractivity contribution in [1.29, 1.82) is 0 Å². The van der Waals surface area contributed by atoms with E-state index in [-0.39, 0.29) is 5.54 Å². The van der Waals surface area contributed by atoms with Crippen molar-refractivity contribution >= 4 is 11.8 Å². The van der Waals surface area contributed by atoms with Crippen LogP contribution >= 0.6 is 11.8 Å². The largest absolute Gasteiger partial charge is 0.333 e. The molecule has 0 spiro atoms. The first-order valence-corrected chi connectivity index (χ1v) is 6.65. The van der Waals surface area contributed by atoms with Crippen molar-refractivity contribution in [3.05, 3.63) is 18.2 Å². The van der Waals surface area contributed by atoms with Crippen LogP contribution in [0.1, 0.15) is 26.5 Å². The van der Waals surface area contributed by atoms with Gasteiger partial charge in [0.05, 0.1) is 12.0 Å². The molecule has 0 saturated carbocycles. The van der Waals surface area contributed by atoms with Crippen molar-refractivity contribution in [3.8, 4) is 0 Å². The lowest BCUT2D eigenvalue weighted by molar-refractivity contribution is 0.416. The predicted molar refractivity (Wildman–Crippen MR) is 67.2 cm³/mol. The summed E-state index contributed by atoms with van der Waals surface area (Å²) >= 11 is 1.86. The maximum Gasteiger partial charge on any atom is 0.0948 e. The van der Waals surface area contributed by atoms with Crippen LogP contribution in [-0.2, 0) is 13.1 Å². The zero-order valence-electron chi connectivity index (χ0n) is 10.1. The summed E-state index contributed by atoms with van der Waals surface area (Å²) in [7, 11) is 0. The molecule has 0 aliphatic heterocycles. The van der Waals surface area contributed by atoms with Crippen LogP contribution < -0.4 is 5.32 Å². The molecule has 4 heteroatoms. The van der Waals surface area contributed by atoms with Gasteiger partial charge in [0.15, 0.2) is 0 Å². The van der Waals surface area contributed by atoms with Crippen LogP contribution in [0.15, 0.2) is 12.5 Å². The van der Waals surface area contributed by atoms with Crippen LogP contribution in [0.25, 0.3) is 0 Å². The lowest BCUT2D eigenvalue weighted by Gasteiger charge is -2.20. The average molecular weight is 227 g/mol. The Hall–Kier alpha value is -0.480. The van der Waals surface area contributed by atoms with Gasteiger partial charge in [0.25, 0.3) is 0 Å². The van der Waals surface area contributed by atoms with Gasteiger partial charge in [-0.1, -0.05) is 0 Å². The number of aromatic nitrogens is 2. The molecule has 0 aliphatic rings. The molecule has 0 saturated heterocycles. The highest BCUT2D eigenvalue weighted by molar-refractivity contribution is 7.98. The summed E-state index contributed by atoms with van der Waals surface area (Å²) in [5.41, 5.74) is 1.42. The SMILES string of the molecule is CSCCn1cncc1CNC(C)(C)C. The highest BCUT2D eigenvalue weighted by Gasteiger charge is 2.10. The van der Waals surface area contributed by atoms with Crippen LogP contribution in [0.5, 0.6) is 0 Å². The minimum Gasteiger partial charge on any atom is -0.333 e. The average Bonchev–Trinajstić information content (AvgIpc) is 2.57. The molecule has 3 nitrogen and oxygen atoms in total. The Morgan fingerprint density at radius 1 is 1.47 bits per heavy atom. The number of rotatable bonds is 5. The van der Waals surface area contributed by atoms with Crippen LogP contribution in [0.2, 0.25) is 0 Å². The monoisotopic (exact) mass is 227 g/mol. The number of hydrogen-bond acceptors (Lipinski definition) is 3. The summed E-state index contributed by atoms with van der Waals surface area (Å²) in [6, 6.07) is 0. The first kappa shape index (κ1) is 12.6. The highest BCUT2D eigenvalue weighted by Crippen LogP contribution is 2.05. The third-order valence-corrected chi connectivity index (χ3v) is 2.73. The number of thioether (sulfide) groups is 1. The van der Waals surface area contributed by atoms with Gasteiger partial charge in [0.1, 0.15) is 0 Å². The molecule has 0 bridgehead atoms. The Morgan fingerprint density at radius 3 is 2.80 bits per heavy atom. The Balaban J connectivity index is 2.50. The third-order valence-electron chi connectivity index (χ3n) is 2.13. The molecular formula is C11H21N3S. The summed E-state index contributed by atoms with van der Waals surface area (Å²) < 4.78 is 2.22. The first-order valence-electron chi connectivity index (χ1n) is 5.26. The Morgan fingerprint density at radius 2 is 2.20 bits per heavy atom. The van der Waals surface area contributed by atoms with Crippen molar-refractivity contribution < 1.29 is 0 Å². The standard InChI is InChI=1S/C11H21N3S/c1-11(2,3)13-8-10-7-12-9-14(10)5-6-15-4/h7,9,13H,5-6,8H2,1-4H3. The molecule has 0 unspecified atom stereocenters. The molecule has 1 rings (SSSR count). The van der Waals surface area contributed by atoms with E-state index < -0.39 is 0 Å². The lowest BCUT2D eigenvalue weighted by Crippen LogP contribution is -2.35. The summed E-state index contributed by atoms with van der Waals surface area (Å²) in [4.78, 5) is 4.19. The van der Waals surface area contributed by atoms with E-state index in [9.17, 15) is 0 Å². The van der Waals surface area contributed by atoms with Crippen molar-refractivity contribution in [2.24, 2.45) is 0 Å². The second-order valence-corrected chi connectivity index (χ2v) is 5.66. The minimum atomic E-state index is 0.161. The van der Waals surface area contributed by atoms with Gasteiger partial charge < -0.3 is 9.88 Å². The van der Waals surface area contributed by atoms with Gasteiger partial charge in [-0.05, 0) is 27.0 Å². The molecule has 1 aromatic heterocycles. The second-order valence-electron chi connectivity index (χ2n) is 4.67. The van der Waals surface area contributed by atoms with E-state index in [1.165, 1.54) is 5.69 Å². The van der Waals surface area contributed by atoms with E-state index in [1.807, 2.05) is 24.3 Å². The quantitative estimate of drug-likeness (QED) is 0.836. The zero-order chi connectivity index (χ0) is 11.3. The summed E-state index contributed by atoms with van der Waals surface area (Å²) in [6.45, 7) is 8.46. The number of aryl methyl sites for hydroxylation is 1. The van der Waals surface area contributed by atoms with Gasteiger partial charge in [-0.15, -0.1) is 0 Å². The van der Waals surface area contributed by atoms with Gasteiger partial charge in [-0.3, -0.25) is 0 Å². The highest BCUT2D eigenvalue weighted by atomic mass is 32.2. The molecule has 0 aromatic carbocycles. The molecule has 0 atom stereocenters. The summed E-state index contributed by atoms with van der Waals surface area (Å²) in [5, 5.41) is 3.47. The first-order chi connectivity index (χ1) is 7.03. The fourth-order valence-electron chi connectivity index (χ4n) is 1.24. The molecule has 0 fully saturated rings. The van der Waals surface area contributed by atoms with Gasteiger partial charge in [-0.25, -0.2) is 4.98 Å². The maximum absolute atomic E-state index is 4.19. The molecule has 0 amide bonds. The van der Waals surface area contributed by atoms with E-state index in [1.54, 1.807) is 0 Å². The van der Waals surface area contributed by atoms with Crippen molar-refractivity contribution in [2.75, 3.05) is 12.0 Å². The number of nitrogens with one attached hydrogen (secondary N) is 1. The molecule has 0 aliphatic carbocycles. The van der Waals surface area contributed by atoms with Gasteiger partial charge in [-0.2, -0.15) is 11.8 Å². The van der Waals surface area contributed by atoms with E-state index in [4.69, 9.17) is 0 Å². The fraction of sp³-hybridized carbons (Fsp3) is 0.727. The van der Waals surface area contributed by atoms with E-state index in [0.29, 0.717) is 0 Å². The lowest BCUT2D eigenvalue weighted by atomic mass is 10.1. The number of nitrogens with zero attached hydrogens (tertiary/aromatic N) is 2. The molecule has 86 valence electrons. The Labute approximate surface area is 96.7 Å². The van der Waals surface area contributed by atoms with Gasteiger partial charge in [0.2, 0.25) is 0 Å². The predicted octanol–water partition coefficient (Wildman–Crippen LogP) is 2.13. The van der Waals surface area contributed by atoms with Crippen molar-refractivity contribution in [1.82, 2.24) is 14.9 Å². The molecule has 1 heterocycles. The molecule has 1 N–H and O–H groups in total. The zero-order valence-corrected chi connectivity index (χ0v) is 10.9. The summed E-state index contributed by atoms with van der Waals surface area (Å²) in [5.74, 6) is 1.14. The third kappa shape index (κ3) is 4.71. The Kier molecular flexibility index (Phi) is 4.67. The molecular weight excluding hydrogens is 206 g/mol. The molecule has 0 radical (unpaired) electrons. The number of hydrogen-bond donors (Lipinski definition) is 1. The number of imidazole rings is 1. The van der Waals surface area contributed by atoms with E-state index in [2.05, 4.69) is 41.9 Å². The van der Waals surface area contributed by atoms with E-state index in [0.717, 1.165) is 18.8 Å². The van der Waals surface area contributed by atoms with Crippen molar-refractivity contribution in [3.63, 3.8) is 0 Å². The van der Waals surface area contributed by atoms with Gasteiger partial charge >= 0.3 is 0 Å². The second kappa shape index (κ2) is 5.56. The normalized spacial score (nSPS) is 12.0. The van der Waals surface area contributed by atoms with Crippen LogP contribution in [0, 0.1) is 0 Å². The summed E-state index contributed by atoms with van der Waals surface area (Å²) in [6.07, 6.45) is 5.99. The van der Waals surface area contributed by atoms with Crippen LogP contribution in [0.4, 0.5) is 0 Å². The molecule has 15 heavy (non-hydrogen) atoms. The van der Waals surface area contributed by atoms with Crippen molar-refractivity contribution in [2.45, 2.75) is 39.4 Å². The van der Waals surface area contributed by atoms with Gasteiger partial charge in [0, 0.05) is 30.6 Å². The van der Waals surface area contributed by atoms with Crippen LogP contribution in [0.3, 0.4) is 0 Å². The molecule has 1 aromatic rings. The van der Waals surface area contributed by atoms with Crippen LogP contribution in [-0.4, -0.2) is 27.1 Å². The van der Waals surface area contributed by atoms with E-state index >= 15 is 0 Å². The Bertz CT molecular complexity index is 288. The fourth-order valence-corrected chi connectivity index (χ4v) is 1.62. The maximum atomic E-state index is 4.19. The topological polar surface area (TPSA) is 29.9 Å². The minimum absolute atomic E-state index is 0.161.